The van der Waals surface area contributed by atoms with Crippen molar-refractivity contribution in [2.24, 2.45) is 5.92 Å². The number of nitrogens with zero attached hydrogens (tertiary/aromatic N) is 1. The SMILES string of the molecule is CC1CC(Nc2ccc(C(=O)Nc3ccccc3N)cc2)CC2CC(C3CCCCC3)N12. The van der Waals surface area contributed by atoms with E-state index in [1.165, 1.54) is 51.4 Å². The third kappa shape index (κ3) is 4.36. The molecule has 2 saturated heterocycles. The predicted molar refractivity (Wildman–Crippen MR) is 132 cm³/mol. The number of carbonyl (C=O) groups excluding carboxylic acids is 1. The van der Waals surface area contributed by atoms with Crippen molar-refractivity contribution in [3.63, 3.8) is 0 Å². The summed E-state index contributed by atoms with van der Waals surface area (Å²) in [5.41, 5.74) is 8.88. The molecule has 32 heavy (non-hydrogen) atoms. The molecule has 1 aliphatic carbocycles. The number of benzene rings is 2. The van der Waals surface area contributed by atoms with E-state index in [0.29, 0.717) is 29.0 Å². The van der Waals surface area contributed by atoms with Crippen LogP contribution in [0.1, 0.15) is 68.6 Å². The molecule has 3 fully saturated rings. The average Bonchev–Trinajstić information content (AvgIpc) is 2.78. The van der Waals surface area contributed by atoms with Crippen LogP contribution in [0.15, 0.2) is 48.5 Å². The highest BCUT2D eigenvalue weighted by molar-refractivity contribution is 6.05. The summed E-state index contributed by atoms with van der Waals surface area (Å²) in [4.78, 5) is 15.4. The molecule has 0 radical (unpaired) electrons. The Bertz CT molecular complexity index is 929. The molecule has 170 valence electrons. The number of carbonyl (C=O) groups is 1. The maximum absolute atomic E-state index is 12.6. The van der Waals surface area contributed by atoms with Crippen LogP contribution in [0.25, 0.3) is 0 Å². The molecule has 2 aliphatic heterocycles. The quantitative estimate of drug-likeness (QED) is 0.545. The smallest absolute Gasteiger partial charge is 0.255 e. The Labute approximate surface area is 191 Å². The van der Waals surface area contributed by atoms with Gasteiger partial charge < -0.3 is 16.4 Å². The predicted octanol–water partition coefficient (Wildman–Crippen LogP) is 5.51. The Morgan fingerprint density at radius 3 is 2.44 bits per heavy atom. The van der Waals surface area contributed by atoms with Crippen molar-refractivity contribution in [2.45, 2.75) is 82.5 Å². The highest BCUT2D eigenvalue weighted by Crippen LogP contribution is 2.44. The summed E-state index contributed by atoms with van der Waals surface area (Å²) in [6.45, 7) is 2.42. The van der Waals surface area contributed by atoms with Crippen LogP contribution in [-0.4, -0.2) is 35.0 Å². The Morgan fingerprint density at radius 2 is 1.72 bits per heavy atom. The summed E-state index contributed by atoms with van der Waals surface area (Å²) in [7, 11) is 0. The highest BCUT2D eigenvalue weighted by atomic mass is 16.1. The van der Waals surface area contributed by atoms with Gasteiger partial charge in [0.2, 0.25) is 0 Å². The van der Waals surface area contributed by atoms with E-state index in [-0.39, 0.29) is 5.91 Å². The minimum absolute atomic E-state index is 0.139. The number of nitrogens with two attached hydrogens (primary N) is 1. The summed E-state index contributed by atoms with van der Waals surface area (Å²) < 4.78 is 0. The van der Waals surface area contributed by atoms with Gasteiger partial charge in [0.05, 0.1) is 11.4 Å². The largest absolute Gasteiger partial charge is 0.397 e. The van der Waals surface area contributed by atoms with E-state index >= 15 is 0 Å². The number of hydrogen-bond donors (Lipinski definition) is 3. The molecule has 0 aromatic heterocycles. The van der Waals surface area contributed by atoms with Crippen LogP contribution in [0.5, 0.6) is 0 Å². The second-order valence-corrected chi connectivity index (χ2v) is 10.1. The zero-order chi connectivity index (χ0) is 22.1. The fourth-order valence-corrected chi connectivity index (χ4v) is 6.35. The van der Waals surface area contributed by atoms with Gasteiger partial charge in [0.25, 0.3) is 5.91 Å². The molecule has 0 spiro atoms. The molecule has 4 N–H and O–H groups in total. The molecule has 3 aliphatic rings. The third-order valence-corrected chi connectivity index (χ3v) is 7.93. The van der Waals surface area contributed by atoms with Gasteiger partial charge in [-0.1, -0.05) is 31.4 Å². The standard InChI is InChI=1S/C27H36N4O/c1-18-15-22(16-23-17-26(31(18)23)19-7-3-2-4-8-19)29-21-13-11-20(12-14-21)27(32)30-25-10-6-5-9-24(25)28/h5-6,9-14,18-19,22-23,26,29H,2-4,7-8,15-17,28H2,1H3,(H,30,32). The Hall–Kier alpha value is -2.53. The van der Waals surface area contributed by atoms with E-state index in [9.17, 15) is 4.79 Å². The van der Waals surface area contributed by atoms with Crippen molar-refractivity contribution in [1.29, 1.82) is 0 Å². The van der Waals surface area contributed by atoms with Gasteiger partial charge >= 0.3 is 0 Å². The fraction of sp³-hybridized carbons (Fsp3) is 0.519. The number of rotatable bonds is 5. The first-order valence-corrected chi connectivity index (χ1v) is 12.4. The van der Waals surface area contributed by atoms with E-state index < -0.39 is 0 Å². The van der Waals surface area contributed by atoms with Crippen LogP contribution in [0.4, 0.5) is 17.1 Å². The van der Waals surface area contributed by atoms with Crippen LogP contribution in [0.3, 0.4) is 0 Å². The van der Waals surface area contributed by atoms with Gasteiger partial charge in [-0.25, -0.2) is 0 Å². The van der Waals surface area contributed by atoms with Crippen molar-refractivity contribution in [2.75, 3.05) is 16.4 Å². The molecule has 2 heterocycles. The third-order valence-electron chi connectivity index (χ3n) is 7.93. The second-order valence-electron chi connectivity index (χ2n) is 10.1. The van der Waals surface area contributed by atoms with Crippen molar-refractivity contribution < 1.29 is 4.79 Å². The molecule has 0 bridgehead atoms. The van der Waals surface area contributed by atoms with Gasteiger partial charge in [0.1, 0.15) is 0 Å². The van der Waals surface area contributed by atoms with Crippen LogP contribution in [0.2, 0.25) is 0 Å². The molecule has 2 aromatic rings. The number of nitrogen functional groups attached to an aromatic ring is 1. The molecular formula is C27H36N4O. The molecule has 1 amide bonds. The van der Waals surface area contributed by atoms with Crippen LogP contribution >= 0.6 is 0 Å². The van der Waals surface area contributed by atoms with E-state index in [1.807, 2.05) is 42.5 Å². The van der Waals surface area contributed by atoms with Gasteiger partial charge in [0, 0.05) is 35.4 Å². The van der Waals surface area contributed by atoms with E-state index in [0.717, 1.165) is 23.7 Å². The Kier molecular flexibility index (Phi) is 6.09. The zero-order valence-electron chi connectivity index (χ0n) is 19.1. The number of amides is 1. The number of fused-ring (bicyclic) bond motifs is 1. The number of piperidine rings is 1. The number of anilines is 3. The lowest BCUT2D eigenvalue weighted by atomic mass is 9.71. The first-order chi connectivity index (χ1) is 15.6. The summed E-state index contributed by atoms with van der Waals surface area (Å²) in [6, 6.07) is 17.9. The first-order valence-electron chi connectivity index (χ1n) is 12.4. The lowest BCUT2D eigenvalue weighted by molar-refractivity contribution is -0.0846. The minimum atomic E-state index is -0.139. The van der Waals surface area contributed by atoms with Gasteiger partial charge in [-0.15, -0.1) is 0 Å². The summed E-state index contributed by atoms with van der Waals surface area (Å²) in [5, 5.41) is 6.63. The average molecular weight is 433 g/mol. The molecule has 4 atom stereocenters. The zero-order valence-corrected chi connectivity index (χ0v) is 19.1. The van der Waals surface area contributed by atoms with E-state index in [4.69, 9.17) is 5.73 Å². The number of para-hydroxylation sites is 2. The van der Waals surface area contributed by atoms with Gasteiger partial charge in [-0.3, -0.25) is 9.69 Å². The van der Waals surface area contributed by atoms with E-state index in [2.05, 4.69) is 22.5 Å². The van der Waals surface area contributed by atoms with Crippen molar-refractivity contribution >= 4 is 23.0 Å². The molecule has 5 nitrogen and oxygen atoms in total. The molecule has 5 rings (SSSR count). The fourth-order valence-electron chi connectivity index (χ4n) is 6.35. The van der Waals surface area contributed by atoms with Gasteiger partial charge in [0.15, 0.2) is 0 Å². The number of hydrogen-bond acceptors (Lipinski definition) is 4. The summed E-state index contributed by atoms with van der Waals surface area (Å²) in [6.07, 6.45) is 11.0. The van der Waals surface area contributed by atoms with Crippen LogP contribution < -0.4 is 16.4 Å². The van der Waals surface area contributed by atoms with Gasteiger partial charge in [-0.05, 0) is 81.3 Å². The van der Waals surface area contributed by atoms with Crippen molar-refractivity contribution in [1.82, 2.24) is 4.90 Å². The van der Waals surface area contributed by atoms with Crippen LogP contribution in [-0.2, 0) is 0 Å². The molecule has 5 heteroatoms. The normalized spacial score (nSPS) is 28.4. The second kappa shape index (κ2) is 9.14. The summed E-state index contributed by atoms with van der Waals surface area (Å²) in [5.74, 6) is 0.802. The Balaban J connectivity index is 1.15. The van der Waals surface area contributed by atoms with Gasteiger partial charge in [-0.2, -0.15) is 0 Å². The minimum Gasteiger partial charge on any atom is -0.397 e. The topological polar surface area (TPSA) is 70.4 Å². The Morgan fingerprint density at radius 1 is 0.969 bits per heavy atom. The maximum Gasteiger partial charge on any atom is 0.255 e. The van der Waals surface area contributed by atoms with E-state index in [1.54, 1.807) is 6.07 Å². The van der Waals surface area contributed by atoms with Crippen molar-refractivity contribution in [3.8, 4) is 0 Å². The van der Waals surface area contributed by atoms with Crippen LogP contribution in [0, 0.1) is 5.92 Å². The lowest BCUT2D eigenvalue weighted by Gasteiger charge is -2.59. The summed E-state index contributed by atoms with van der Waals surface area (Å²) >= 11 is 0. The molecule has 4 unspecified atom stereocenters. The highest BCUT2D eigenvalue weighted by Gasteiger charge is 2.48. The van der Waals surface area contributed by atoms with Crippen molar-refractivity contribution in [3.05, 3.63) is 54.1 Å². The maximum atomic E-state index is 12.6. The lowest BCUT2D eigenvalue weighted by Crippen LogP contribution is -2.66. The number of nitrogens with one attached hydrogen (secondary N) is 2. The molecule has 1 saturated carbocycles. The molecule has 2 aromatic carbocycles. The first kappa shape index (κ1) is 21.3. The molecular weight excluding hydrogens is 396 g/mol. The monoisotopic (exact) mass is 432 g/mol.